The Labute approximate surface area is 221 Å². The highest BCUT2D eigenvalue weighted by Gasteiger charge is 2.25. The Kier molecular flexibility index (Phi) is 9.34. The molecule has 4 rings (SSSR count). The first-order chi connectivity index (χ1) is 17.4. The van der Waals surface area contributed by atoms with Gasteiger partial charge in [-0.3, -0.25) is 13.9 Å². The summed E-state index contributed by atoms with van der Waals surface area (Å²) in [5, 5.41) is 2.13. The van der Waals surface area contributed by atoms with Gasteiger partial charge in [0.15, 0.2) is 0 Å². The molecule has 194 valence electrons. The van der Waals surface area contributed by atoms with Gasteiger partial charge < -0.3 is 14.2 Å². The molecule has 11 heteroatoms. The van der Waals surface area contributed by atoms with Gasteiger partial charge in [-0.2, -0.15) is 0 Å². The van der Waals surface area contributed by atoms with Gasteiger partial charge in [-0.25, -0.2) is 9.55 Å². The molecule has 0 spiro atoms. The van der Waals surface area contributed by atoms with E-state index >= 15 is 0 Å². The fourth-order valence-corrected chi connectivity index (χ4v) is 5.10. The fourth-order valence-electron chi connectivity index (χ4n) is 4.06. The van der Waals surface area contributed by atoms with Crippen molar-refractivity contribution in [1.29, 1.82) is 0 Å². The minimum Gasteiger partial charge on any atom is -0.494 e. The van der Waals surface area contributed by atoms with Gasteiger partial charge in [-0.05, 0) is 49.7 Å². The second kappa shape index (κ2) is 12.5. The zero-order valence-electron chi connectivity index (χ0n) is 20.4. The molecule has 1 fully saturated rings. The molecule has 0 aliphatic carbocycles. The highest BCUT2D eigenvalue weighted by atomic mass is 35.5. The van der Waals surface area contributed by atoms with E-state index in [2.05, 4.69) is 14.8 Å². The van der Waals surface area contributed by atoms with E-state index in [9.17, 15) is 4.57 Å². The summed E-state index contributed by atoms with van der Waals surface area (Å²) in [4.78, 5) is 9.16. The third-order valence-corrected chi connectivity index (χ3v) is 8.19. The lowest BCUT2D eigenvalue weighted by atomic mass is 10.2. The Bertz CT molecular complexity index is 1220. The molecule has 0 N–H and O–H groups in total. The van der Waals surface area contributed by atoms with Crippen molar-refractivity contribution >= 4 is 47.6 Å². The number of piperazine rings is 1. The maximum Gasteiger partial charge on any atom is 0.530 e. The van der Waals surface area contributed by atoms with E-state index in [1.54, 1.807) is 6.07 Å². The van der Waals surface area contributed by atoms with Crippen LogP contribution in [-0.2, 0) is 13.6 Å². The van der Waals surface area contributed by atoms with Crippen molar-refractivity contribution in [3.05, 3.63) is 58.6 Å². The minimum absolute atomic E-state index is 0.157. The van der Waals surface area contributed by atoms with Crippen LogP contribution in [0, 0.1) is 0 Å². The molecular weight excluding hydrogens is 524 g/mol. The number of phosphoric ester groups is 1. The molecule has 1 saturated heterocycles. The van der Waals surface area contributed by atoms with Crippen LogP contribution in [0.1, 0.15) is 12.8 Å². The van der Waals surface area contributed by atoms with E-state index < -0.39 is 7.82 Å². The molecule has 0 saturated carbocycles. The zero-order valence-corrected chi connectivity index (χ0v) is 22.8. The molecule has 1 aliphatic heterocycles. The quantitative estimate of drug-likeness (QED) is 0.202. The smallest absolute Gasteiger partial charge is 0.494 e. The molecule has 1 aliphatic rings. The SMILES string of the molecule is COP(=O)(OC)Oc1ccc2ccc(OCCCCN3CCN(c4cccc(Cl)c4Cl)CC3)cc2n1. The van der Waals surface area contributed by atoms with Gasteiger partial charge >= 0.3 is 7.82 Å². The second-order valence-electron chi connectivity index (χ2n) is 8.36. The fraction of sp³-hybridized carbons (Fsp3) is 0.400. The number of ether oxygens (including phenoxy) is 1. The first kappa shape index (κ1) is 27.0. The molecule has 0 radical (unpaired) electrons. The lowest BCUT2D eigenvalue weighted by molar-refractivity contribution is 0.209. The predicted molar refractivity (Wildman–Crippen MR) is 144 cm³/mol. The second-order valence-corrected chi connectivity index (χ2v) is 11.0. The summed E-state index contributed by atoms with van der Waals surface area (Å²) in [6, 6.07) is 14.9. The average molecular weight is 554 g/mol. The number of fused-ring (bicyclic) bond motifs is 1. The van der Waals surface area contributed by atoms with Crippen molar-refractivity contribution in [2.75, 3.05) is 58.5 Å². The zero-order chi connectivity index (χ0) is 25.5. The molecule has 0 amide bonds. The maximum absolute atomic E-state index is 12.2. The lowest BCUT2D eigenvalue weighted by Crippen LogP contribution is -2.46. The van der Waals surface area contributed by atoms with Crippen molar-refractivity contribution in [1.82, 2.24) is 9.88 Å². The number of nitrogens with zero attached hydrogens (tertiary/aromatic N) is 3. The van der Waals surface area contributed by atoms with Gasteiger partial charge in [-0.1, -0.05) is 29.3 Å². The summed E-state index contributed by atoms with van der Waals surface area (Å²) >= 11 is 12.5. The van der Waals surface area contributed by atoms with Gasteiger partial charge in [-0.15, -0.1) is 0 Å². The van der Waals surface area contributed by atoms with Crippen molar-refractivity contribution in [3.63, 3.8) is 0 Å². The van der Waals surface area contributed by atoms with Crippen LogP contribution in [0.5, 0.6) is 11.6 Å². The topological polar surface area (TPSA) is 73.4 Å². The van der Waals surface area contributed by atoms with E-state index in [1.165, 1.54) is 14.2 Å². The van der Waals surface area contributed by atoms with E-state index in [4.69, 9.17) is 41.5 Å². The molecule has 36 heavy (non-hydrogen) atoms. The Hall–Kier alpha value is -2.06. The molecule has 8 nitrogen and oxygen atoms in total. The molecule has 0 bridgehead atoms. The number of halogens is 2. The number of pyridine rings is 1. The van der Waals surface area contributed by atoms with Crippen LogP contribution >= 0.6 is 31.0 Å². The van der Waals surface area contributed by atoms with Gasteiger partial charge in [0.25, 0.3) is 0 Å². The van der Waals surface area contributed by atoms with Gasteiger partial charge in [0.2, 0.25) is 5.88 Å². The van der Waals surface area contributed by atoms with Crippen LogP contribution in [0.3, 0.4) is 0 Å². The monoisotopic (exact) mass is 553 g/mol. The number of rotatable bonds is 11. The summed E-state index contributed by atoms with van der Waals surface area (Å²) in [6.07, 6.45) is 1.99. The third kappa shape index (κ3) is 6.82. The van der Waals surface area contributed by atoms with Crippen molar-refractivity contribution in [3.8, 4) is 11.6 Å². The van der Waals surface area contributed by atoms with E-state index in [0.717, 1.165) is 62.4 Å². The number of anilines is 1. The number of unbranched alkanes of at least 4 members (excludes halogenated alkanes) is 1. The van der Waals surface area contributed by atoms with Crippen LogP contribution in [0.25, 0.3) is 10.9 Å². The highest BCUT2D eigenvalue weighted by molar-refractivity contribution is 7.48. The molecule has 0 unspecified atom stereocenters. The van der Waals surface area contributed by atoms with Crippen LogP contribution in [0.2, 0.25) is 10.0 Å². The Morgan fingerprint density at radius 1 is 0.972 bits per heavy atom. The number of hydrogen-bond donors (Lipinski definition) is 0. The summed E-state index contributed by atoms with van der Waals surface area (Å²) in [5.41, 5.74) is 1.67. The third-order valence-electron chi connectivity index (χ3n) is 6.07. The summed E-state index contributed by atoms with van der Waals surface area (Å²) in [6.45, 7) is 5.47. The van der Waals surface area contributed by atoms with Crippen molar-refractivity contribution in [2.24, 2.45) is 0 Å². The van der Waals surface area contributed by atoms with E-state index in [1.807, 2.05) is 42.5 Å². The molecule has 0 atom stereocenters. The van der Waals surface area contributed by atoms with Crippen molar-refractivity contribution < 1.29 is 22.9 Å². The lowest BCUT2D eigenvalue weighted by Gasteiger charge is -2.36. The van der Waals surface area contributed by atoms with Crippen LogP contribution in [0.15, 0.2) is 48.5 Å². The summed E-state index contributed by atoms with van der Waals surface area (Å²) in [7, 11) is -1.15. The van der Waals surface area contributed by atoms with Gasteiger partial charge in [0.05, 0.1) is 27.9 Å². The number of benzene rings is 2. The molecule has 1 aromatic heterocycles. The molecule has 2 heterocycles. The maximum atomic E-state index is 12.2. The van der Waals surface area contributed by atoms with E-state index in [0.29, 0.717) is 22.2 Å². The summed E-state index contributed by atoms with van der Waals surface area (Å²) < 4.78 is 33.1. The summed E-state index contributed by atoms with van der Waals surface area (Å²) in [5.74, 6) is 0.880. The number of hydrogen-bond acceptors (Lipinski definition) is 8. The minimum atomic E-state index is -3.67. The Morgan fingerprint density at radius 2 is 1.72 bits per heavy atom. The highest BCUT2D eigenvalue weighted by Crippen LogP contribution is 2.47. The first-order valence-electron chi connectivity index (χ1n) is 11.8. The molecule has 2 aromatic carbocycles. The van der Waals surface area contributed by atoms with Crippen LogP contribution in [0.4, 0.5) is 5.69 Å². The average Bonchev–Trinajstić information content (AvgIpc) is 2.90. The van der Waals surface area contributed by atoms with Crippen LogP contribution < -0.4 is 14.2 Å². The predicted octanol–water partition coefficient (Wildman–Crippen LogP) is 6.30. The van der Waals surface area contributed by atoms with Crippen LogP contribution in [-0.4, -0.2) is 63.4 Å². The largest absolute Gasteiger partial charge is 0.530 e. The van der Waals surface area contributed by atoms with Crippen molar-refractivity contribution in [2.45, 2.75) is 12.8 Å². The molecule has 3 aromatic rings. The standard InChI is InChI=1S/C25H30Cl2N3O5P/c1-32-36(31,33-2)35-24-11-9-19-8-10-20(18-22(19)28-24)34-17-4-3-12-29-13-15-30(16-14-29)23-7-5-6-21(26)25(23)27/h5-11,18H,3-4,12-17H2,1-2H3. The molecular formula is C25H30Cl2N3O5P. The number of aromatic nitrogens is 1. The number of phosphoric acid groups is 1. The first-order valence-corrected chi connectivity index (χ1v) is 14.0. The normalized spacial score (nSPS) is 14.8. The Morgan fingerprint density at radius 3 is 2.47 bits per heavy atom. The van der Waals surface area contributed by atoms with Gasteiger partial charge in [0.1, 0.15) is 5.75 Å². The Balaban J connectivity index is 1.21. The van der Waals surface area contributed by atoms with E-state index in [-0.39, 0.29) is 5.88 Å². The van der Waals surface area contributed by atoms with Gasteiger partial charge in [0, 0.05) is 57.9 Å².